The highest BCUT2D eigenvalue weighted by atomic mass is 16.3. The van der Waals surface area contributed by atoms with E-state index < -0.39 is 0 Å². The number of nitrogens with one attached hydrogen (secondary N) is 1. The summed E-state index contributed by atoms with van der Waals surface area (Å²) < 4.78 is 3.90. The third-order valence-electron chi connectivity index (χ3n) is 4.24. The minimum atomic E-state index is 0.151. The molecule has 0 aliphatic carbocycles. The van der Waals surface area contributed by atoms with Gasteiger partial charge in [0.15, 0.2) is 0 Å². The van der Waals surface area contributed by atoms with Crippen LogP contribution in [0.3, 0.4) is 0 Å². The van der Waals surface area contributed by atoms with Gasteiger partial charge in [-0.05, 0) is 38.0 Å². The second kappa shape index (κ2) is 6.34. The summed E-state index contributed by atoms with van der Waals surface area (Å²) >= 11 is 0. The molecule has 0 bridgehead atoms. The molecule has 0 atom stereocenters. The summed E-state index contributed by atoms with van der Waals surface area (Å²) in [4.78, 5) is 8.89. The Kier molecular flexibility index (Phi) is 4.25. The fourth-order valence-electron chi connectivity index (χ4n) is 2.88. The minimum Gasteiger partial charge on any atom is -0.396 e. The normalized spacial score (nSPS) is 11.3. The van der Waals surface area contributed by atoms with E-state index in [1.54, 1.807) is 12.5 Å². The molecule has 0 aliphatic heterocycles. The van der Waals surface area contributed by atoms with Crippen molar-refractivity contribution in [3.05, 3.63) is 53.2 Å². The number of aromatic nitrogens is 4. The second-order valence-electron chi connectivity index (χ2n) is 5.68. The van der Waals surface area contributed by atoms with Gasteiger partial charge in [-0.1, -0.05) is 6.07 Å². The Morgan fingerprint density at radius 1 is 1.22 bits per heavy atom. The highest BCUT2D eigenvalue weighted by Crippen LogP contribution is 2.20. The van der Waals surface area contributed by atoms with Crippen molar-refractivity contribution in [3.8, 4) is 0 Å². The predicted octanol–water partition coefficient (Wildman–Crippen LogP) is 1.76. The summed E-state index contributed by atoms with van der Waals surface area (Å²) in [6.07, 6.45) is 4.14. The Morgan fingerprint density at radius 2 is 2.04 bits per heavy atom. The molecule has 3 rings (SSSR count). The summed E-state index contributed by atoms with van der Waals surface area (Å²) in [5.74, 6) is 0. The second-order valence-corrected chi connectivity index (χ2v) is 5.68. The zero-order valence-electron chi connectivity index (χ0n) is 13.5. The molecule has 0 saturated carbocycles. The van der Waals surface area contributed by atoms with Gasteiger partial charge in [0, 0.05) is 25.0 Å². The van der Waals surface area contributed by atoms with Crippen LogP contribution < -0.4 is 5.49 Å². The average Bonchev–Trinajstić information content (AvgIpc) is 2.81. The van der Waals surface area contributed by atoms with Crippen molar-refractivity contribution in [2.75, 3.05) is 6.61 Å². The number of rotatable bonds is 5. The van der Waals surface area contributed by atoms with Crippen molar-refractivity contribution in [2.24, 2.45) is 0 Å². The summed E-state index contributed by atoms with van der Waals surface area (Å²) in [5.41, 5.74) is 4.34. The molecule has 0 amide bonds. The molecule has 0 saturated heterocycles. The van der Waals surface area contributed by atoms with Crippen LogP contribution in [-0.4, -0.2) is 30.8 Å². The Morgan fingerprint density at radius 3 is 2.74 bits per heavy atom. The van der Waals surface area contributed by atoms with Crippen LogP contribution in [0.1, 0.15) is 23.4 Å². The van der Waals surface area contributed by atoms with Crippen LogP contribution in [0.5, 0.6) is 0 Å². The van der Waals surface area contributed by atoms with E-state index in [4.69, 9.17) is 10.5 Å². The summed E-state index contributed by atoms with van der Waals surface area (Å²) in [5, 5.41) is 18.5. The largest absolute Gasteiger partial charge is 0.396 e. The van der Waals surface area contributed by atoms with Gasteiger partial charge >= 0.3 is 0 Å². The summed E-state index contributed by atoms with van der Waals surface area (Å²) in [6.45, 7) is 5.46. The van der Waals surface area contributed by atoms with Crippen molar-refractivity contribution < 1.29 is 5.11 Å². The van der Waals surface area contributed by atoms with E-state index in [9.17, 15) is 0 Å². The highest BCUT2D eigenvalue weighted by molar-refractivity contribution is 5.80. The van der Waals surface area contributed by atoms with Gasteiger partial charge in [0.05, 0.1) is 24.0 Å². The lowest BCUT2D eigenvalue weighted by Gasteiger charge is -2.08. The molecule has 0 fully saturated rings. The molecule has 23 heavy (non-hydrogen) atoms. The van der Waals surface area contributed by atoms with E-state index in [1.165, 1.54) is 0 Å². The van der Waals surface area contributed by atoms with Crippen LogP contribution in [0.4, 0.5) is 0 Å². The number of nitrogens with zero attached hydrogens (tertiary/aromatic N) is 4. The maximum atomic E-state index is 9.08. The minimum absolute atomic E-state index is 0.151. The molecule has 0 unspecified atom stereocenters. The van der Waals surface area contributed by atoms with Gasteiger partial charge in [0.2, 0.25) is 0 Å². The van der Waals surface area contributed by atoms with Crippen molar-refractivity contribution in [1.82, 2.24) is 19.1 Å². The third-order valence-corrected chi connectivity index (χ3v) is 4.24. The van der Waals surface area contributed by atoms with Crippen molar-refractivity contribution in [3.63, 3.8) is 0 Å². The SMILES string of the molecule is Cc1c(C)n(CCCO)c2ncn(Cc3ccccn3)c(=N)c12. The molecule has 0 aliphatic rings. The number of fused-ring (bicyclic) bond motifs is 1. The Balaban J connectivity index is 2.09. The molecule has 3 heterocycles. The molecule has 3 aromatic rings. The fourth-order valence-corrected chi connectivity index (χ4v) is 2.88. The third kappa shape index (κ3) is 2.77. The standard InChI is InChI=1S/C17H21N5O/c1-12-13(2)22(8-5-9-23)17-15(12)16(18)21(11-20-17)10-14-6-3-4-7-19-14/h3-4,6-7,11,18,23H,5,8-10H2,1-2H3. The molecule has 0 spiro atoms. The molecular weight excluding hydrogens is 290 g/mol. The fraction of sp³-hybridized carbons (Fsp3) is 0.353. The quantitative estimate of drug-likeness (QED) is 0.753. The van der Waals surface area contributed by atoms with Gasteiger partial charge in [0.1, 0.15) is 11.1 Å². The lowest BCUT2D eigenvalue weighted by atomic mass is 10.2. The lowest BCUT2D eigenvalue weighted by Crippen LogP contribution is -2.22. The summed E-state index contributed by atoms with van der Waals surface area (Å²) in [7, 11) is 0. The van der Waals surface area contributed by atoms with Crippen LogP contribution >= 0.6 is 0 Å². The first kappa shape index (κ1) is 15.4. The molecule has 0 radical (unpaired) electrons. The van der Waals surface area contributed by atoms with Gasteiger partial charge in [-0.2, -0.15) is 0 Å². The highest BCUT2D eigenvalue weighted by Gasteiger charge is 2.14. The molecule has 6 heteroatoms. The van der Waals surface area contributed by atoms with Crippen molar-refractivity contribution in [2.45, 2.75) is 33.4 Å². The van der Waals surface area contributed by atoms with Crippen LogP contribution in [0.25, 0.3) is 11.0 Å². The molecule has 120 valence electrons. The number of aryl methyl sites for hydroxylation is 2. The van der Waals surface area contributed by atoms with E-state index >= 15 is 0 Å². The number of aliphatic hydroxyl groups excluding tert-OH is 1. The van der Waals surface area contributed by atoms with E-state index in [-0.39, 0.29) is 6.61 Å². The van der Waals surface area contributed by atoms with Crippen LogP contribution in [0.2, 0.25) is 0 Å². The zero-order valence-corrected chi connectivity index (χ0v) is 13.5. The van der Waals surface area contributed by atoms with E-state index in [0.29, 0.717) is 25.0 Å². The van der Waals surface area contributed by atoms with E-state index in [2.05, 4.69) is 14.5 Å². The molecule has 2 N–H and O–H groups in total. The van der Waals surface area contributed by atoms with E-state index in [1.807, 2.05) is 36.6 Å². The first-order chi connectivity index (χ1) is 11.1. The molecule has 6 nitrogen and oxygen atoms in total. The first-order valence-electron chi connectivity index (χ1n) is 7.73. The maximum Gasteiger partial charge on any atom is 0.145 e. The van der Waals surface area contributed by atoms with E-state index in [0.717, 1.165) is 28.0 Å². The number of pyridine rings is 1. The van der Waals surface area contributed by atoms with Gasteiger partial charge in [-0.25, -0.2) is 4.98 Å². The smallest absolute Gasteiger partial charge is 0.145 e. The Hall–Kier alpha value is -2.47. The van der Waals surface area contributed by atoms with Crippen molar-refractivity contribution in [1.29, 1.82) is 5.41 Å². The average molecular weight is 311 g/mol. The van der Waals surface area contributed by atoms with Gasteiger partial charge in [-0.15, -0.1) is 0 Å². The lowest BCUT2D eigenvalue weighted by molar-refractivity contribution is 0.280. The monoisotopic (exact) mass is 311 g/mol. The summed E-state index contributed by atoms with van der Waals surface area (Å²) in [6, 6.07) is 5.77. The molecular formula is C17H21N5O. The van der Waals surface area contributed by atoms with Crippen LogP contribution in [-0.2, 0) is 13.1 Å². The van der Waals surface area contributed by atoms with Gasteiger partial charge < -0.3 is 14.2 Å². The van der Waals surface area contributed by atoms with Crippen LogP contribution in [0.15, 0.2) is 30.7 Å². The van der Waals surface area contributed by atoms with Gasteiger partial charge in [-0.3, -0.25) is 10.4 Å². The van der Waals surface area contributed by atoms with Crippen molar-refractivity contribution >= 4 is 11.0 Å². The van der Waals surface area contributed by atoms with Gasteiger partial charge in [0.25, 0.3) is 0 Å². The Bertz CT molecular complexity index is 879. The maximum absolute atomic E-state index is 9.08. The zero-order chi connectivity index (χ0) is 16.4. The molecule has 3 aromatic heterocycles. The Labute approximate surface area is 134 Å². The number of hydrogen-bond donors (Lipinski definition) is 2. The molecule has 0 aromatic carbocycles. The first-order valence-corrected chi connectivity index (χ1v) is 7.73. The predicted molar refractivity (Wildman–Crippen MR) is 88.1 cm³/mol. The van der Waals surface area contributed by atoms with Crippen LogP contribution in [0, 0.1) is 19.3 Å². The number of hydrogen-bond acceptors (Lipinski definition) is 4. The topological polar surface area (TPSA) is 79.7 Å². The number of aliphatic hydroxyl groups is 1.